The molecule has 1 unspecified atom stereocenters. The zero-order valence-electron chi connectivity index (χ0n) is 12.2. The highest BCUT2D eigenvalue weighted by atomic mass is 16.4. The predicted molar refractivity (Wildman–Crippen MR) is 78.2 cm³/mol. The van der Waals surface area contributed by atoms with Gasteiger partial charge in [-0.25, -0.2) is 0 Å². The van der Waals surface area contributed by atoms with Crippen molar-refractivity contribution in [2.75, 3.05) is 13.1 Å². The number of benzene rings is 1. The van der Waals surface area contributed by atoms with Crippen LogP contribution in [0.2, 0.25) is 0 Å². The third-order valence-electron chi connectivity index (χ3n) is 3.22. The molecule has 1 atom stereocenters. The van der Waals surface area contributed by atoms with Crippen molar-refractivity contribution in [2.45, 2.75) is 33.3 Å². The Kier molecular flexibility index (Phi) is 3.97. The molecule has 1 heterocycles. The minimum absolute atomic E-state index is 0.490. The quantitative estimate of drug-likeness (QED) is 0.869. The van der Waals surface area contributed by atoms with Crippen molar-refractivity contribution in [1.82, 2.24) is 5.32 Å². The molecule has 2 rings (SSSR count). The van der Waals surface area contributed by atoms with Gasteiger partial charge in [-0.1, -0.05) is 25.5 Å². The number of nitrogens with one attached hydrogen (secondary N) is 1. The number of furan rings is 1. The van der Waals surface area contributed by atoms with Crippen LogP contribution in [0.3, 0.4) is 0 Å². The van der Waals surface area contributed by atoms with E-state index in [4.69, 9.17) is 4.42 Å². The lowest BCUT2D eigenvalue weighted by atomic mass is 10.0. The minimum Gasteiger partial charge on any atom is -0.458 e. The van der Waals surface area contributed by atoms with Crippen molar-refractivity contribution in [3.05, 3.63) is 35.6 Å². The van der Waals surface area contributed by atoms with Gasteiger partial charge in [-0.3, -0.25) is 0 Å². The van der Waals surface area contributed by atoms with Crippen LogP contribution in [0.4, 0.5) is 0 Å². The van der Waals surface area contributed by atoms with Gasteiger partial charge in [0.15, 0.2) is 0 Å². The van der Waals surface area contributed by atoms with Crippen LogP contribution < -0.4 is 5.32 Å². The smallest absolute Gasteiger partial charge is 0.137 e. The van der Waals surface area contributed by atoms with E-state index in [1.807, 2.05) is 18.2 Å². The second kappa shape index (κ2) is 5.35. The van der Waals surface area contributed by atoms with E-state index >= 15 is 0 Å². The van der Waals surface area contributed by atoms with Crippen molar-refractivity contribution in [1.29, 1.82) is 0 Å². The molecule has 2 N–H and O–H groups in total. The normalized spacial score (nSPS) is 15.1. The van der Waals surface area contributed by atoms with E-state index < -0.39 is 5.60 Å². The molecule has 2 aromatic rings. The van der Waals surface area contributed by atoms with Gasteiger partial charge in [0.1, 0.15) is 16.9 Å². The van der Waals surface area contributed by atoms with Crippen molar-refractivity contribution in [3.63, 3.8) is 0 Å². The Morgan fingerprint density at radius 2 is 2.05 bits per heavy atom. The van der Waals surface area contributed by atoms with E-state index in [1.165, 1.54) is 5.56 Å². The standard InChI is InChI=1S/C16H23NO2/c1-11(2)9-17-10-16(4,18)15-8-13-7-12(3)5-6-14(13)19-15/h5-8,11,17-18H,9-10H2,1-4H3. The molecular formula is C16H23NO2. The van der Waals surface area contributed by atoms with Gasteiger partial charge in [0.2, 0.25) is 0 Å². The van der Waals surface area contributed by atoms with Gasteiger partial charge in [-0.15, -0.1) is 0 Å². The lowest BCUT2D eigenvalue weighted by molar-refractivity contribution is 0.0354. The van der Waals surface area contributed by atoms with Crippen LogP contribution >= 0.6 is 0 Å². The zero-order chi connectivity index (χ0) is 14.0. The van der Waals surface area contributed by atoms with E-state index in [0.29, 0.717) is 18.2 Å². The van der Waals surface area contributed by atoms with Crippen LogP contribution in [0.15, 0.2) is 28.7 Å². The van der Waals surface area contributed by atoms with Crippen molar-refractivity contribution in [3.8, 4) is 0 Å². The van der Waals surface area contributed by atoms with Crippen molar-refractivity contribution in [2.24, 2.45) is 5.92 Å². The van der Waals surface area contributed by atoms with Crippen LogP contribution in [0.25, 0.3) is 11.0 Å². The average Bonchev–Trinajstić information content (AvgIpc) is 2.71. The van der Waals surface area contributed by atoms with Crippen LogP contribution in [0, 0.1) is 12.8 Å². The summed E-state index contributed by atoms with van der Waals surface area (Å²) in [6, 6.07) is 7.96. The van der Waals surface area contributed by atoms with Crippen LogP contribution in [-0.4, -0.2) is 18.2 Å². The largest absolute Gasteiger partial charge is 0.458 e. The molecule has 0 saturated carbocycles. The first kappa shape index (κ1) is 14.1. The maximum absolute atomic E-state index is 10.5. The van der Waals surface area contributed by atoms with Gasteiger partial charge < -0.3 is 14.8 Å². The monoisotopic (exact) mass is 261 g/mol. The van der Waals surface area contributed by atoms with Gasteiger partial charge in [0.25, 0.3) is 0 Å². The molecule has 0 spiro atoms. The number of rotatable bonds is 5. The Morgan fingerprint density at radius 3 is 2.74 bits per heavy atom. The second-order valence-electron chi connectivity index (χ2n) is 5.95. The highest BCUT2D eigenvalue weighted by molar-refractivity contribution is 5.78. The first-order valence-electron chi connectivity index (χ1n) is 6.82. The van der Waals surface area contributed by atoms with E-state index in [2.05, 4.69) is 32.2 Å². The molecular weight excluding hydrogens is 238 g/mol. The summed E-state index contributed by atoms with van der Waals surface area (Å²) in [5.41, 5.74) is 1.03. The molecule has 0 fully saturated rings. The molecule has 3 nitrogen and oxygen atoms in total. The molecule has 19 heavy (non-hydrogen) atoms. The second-order valence-corrected chi connectivity index (χ2v) is 5.95. The third-order valence-corrected chi connectivity index (χ3v) is 3.22. The van der Waals surface area contributed by atoms with Gasteiger partial charge >= 0.3 is 0 Å². The number of aliphatic hydroxyl groups is 1. The third kappa shape index (κ3) is 3.37. The summed E-state index contributed by atoms with van der Waals surface area (Å²) < 4.78 is 5.76. The highest BCUT2D eigenvalue weighted by Crippen LogP contribution is 2.28. The van der Waals surface area contributed by atoms with Gasteiger partial charge in [0, 0.05) is 11.9 Å². The van der Waals surface area contributed by atoms with Crippen LogP contribution in [0.5, 0.6) is 0 Å². The maximum atomic E-state index is 10.5. The van der Waals surface area contributed by atoms with E-state index in [9.17, 15) is 5.11 Å². The molecule has 1 aromatic carbocycles. The molecule has 0 aliphatic carbocycles. The first-order valence-corrected chi connectivity index (χ1v) is 6.82. The molecule has 0 amide bonds. The Labute approximate surface area is 114 Å². The predicted octanol–water partition coefficient (Wildman–Crippen LogP) is 3.19. The fraction of sp³-hybridized carbons (Fsp3) is 0.500. The number of hydrogen-bond acceptors (Lipinski definition) is 3. The van der Waals surface area contributed by atoms with Crippen molar-refractivity contribution >= 4 is 11.0 Å². The Bertz CT molecular complexity index is 555. The number of hydrogen-bond donors (Lipinski definition) is 2. The lowest BCUT2D eigenvalue weighted by Gasteiger charge is -2.21. The van der Waals surface area contributed by atoms with Crippen LogP contribution in [-0.2, 0) is 5.60 Å². The fourth-order valence-electron chi connectivity index (χ4n) is 2.12. The van der Waals surface area contributed by atoms with E-state index in [-0.39, 0.29) is 0 Å². The molecule has 3 heteroatoms. The summed E-state index contributed by atoms with van der Waals surface area (Å²) in [7, 11) is 0. The van der Waals surface area contributed by atoms with Gasteiger partial charge in [-0.05, 0) is 44.5 Å². The van der Waals surface area contributed by atoms with Gasteiger partial charge in [0.05, 0.1) is 0 Å². The molecule has 0 aliphatic rings. The number of fused-ring (bicyclic) bond motifs is 1. The van der Waals surface area contributed by atoms with Crippen molar-refractivity contribution < 1.29 is 9.52 Å². The zero-order valence-corrected chi connectivity index (χ0v) is 12.2. The minimum atomic E-state index is -0.984. The van der Waals surface area contributed by atoms with Gasteiger partial charge in [-0.2, -0.15) is 0 Å². The Morgan fingerprint density at radius 1 is 1.32 bits per heavy atom. The lowest BCUT2D eigenvalue weighted by Crippen LogP contribution is -2.36. The summed E-state index contributed by atoms with van der Waals surface area (Å²) in [6.45, 7) is 9.50. The summed E-state index contributed by atoms with van der Waals surface area (Å²) in [6.07, 6.45) is 0. The molecule has 0 aliphatic heterocycles. The number of aryl methyl sites for hydroxylation is 1. The van der Waals surface area contributed by atoms with E-state index in [0.717, 1.165) is 17.5 Å². The summed E-state index contributed by atoms with van der Waals surface area (Å²) in [5.74, 6) is 1.18. The maximum Gasteiger partial charge on any atom is 0.137 e. The fourth-order valence-corrected chi connectivity index (χ4v) is 2.12. The first-order chi connectivity index (χ1) is 8.88. The highest BCUT2D eigenvalue weighted by Gasteiger charge is 2.27. The summed E-state index contributed by atoms with van der Waals surface area (Å²) in [5, 5.41) is 14.8. The summed E-state index contributed by atoms with van der Waals surface area (Å²) in [4.78, 5) is 0. The Hall–Kier alpha value is -1.32. The van der Waals surface area contributed by atoms with Crippen LogP contribution in [0.1, 0.15) is 32.1 Å². The molecule has 1 aromatic heterocycles. The Balaban J connectivity index is 2.17. The van der Waals surface area contributed by atoms with E-state index in [1.54, 1.807) is 6.92 Å². The SMILES string of the molecule is Cc1ccc2oc(C(C)(O)CNCC(C)C)cc2c1. The molecule has 0 radical (unpaired) electrons. The molecule has 104 valence electrons. The average molecular weight is 261 g/mol. The molecule has 0 bridgehead atoms. The summed E-state index contributed by atoms with van der Waals surface area (Å²) >= 11 is 0. The molecule has 0 saturated heterocycles. The topological polar surface area (TPSA) is 45.4 Å².